The van der Waals surface area contributed by atoms with Crippen LogP contribution >= 0.6 is 35.0 Å². The van der Waals surface area contributed by atoms with E-state index in [0.29, 0.717) is 10.8 Å². The van der Waals surface area contributed by atoms with Crippen LogP contribution in [0.25, 0.3) is 0 Å². The zero-order valence-electron chi connectivity index (χ0n) is 6.91. The number of aliphatic hydroxyl groups excluding tert-OH is 1. The van der Waals surface area contributed by atoms with Crippen LogP contribution in [0, 0.1) is 0 Å². The monoisotopic (exact) mass is 236 g/mol. The second-order valence-electron chi connectivity index (χ2n) is 2.55. The van der Waals surface area contributed by atoms with Gasteiger partial charge in [-0.3, -0.25) is 0 Å². The van der Waals surface area contributed by atoms with Gasteiger partial charge in [-0.25, -0.2) is 0 Å². The highest BCUT2D eigenvalue weighted by atomic mass is 35.5. The molecule has 0 spiro atoms. The topological polar surface area (TPSA) is 20.2 Å². The molecule has 1 atom stereocenters. The number of rotatable bonds is 4. The minimum absolute atomic E-state index is 0.261. The molecule has 0 heterocycles. The predicted molar refractivity (Wildman–Crippen MR) is 58.9 cm³/mol. The fourth-order valence-electron chi connectivity index (χ4n) is 0.792. The predicted octanol–water partition coefficient (Wildman–Crippen LogP) is 3.03. The minimum Gasteiger partial charge on any atom is -0.391 e. The van der Waals surface area contributed by atoms with Crippen LogP contribution in [0.3, 0.4) is 0 Å². The van der Waals surface area contributed by atoms with Gasteiger partial charge in [0.05, 0.1) is 11.1 Å². The Morgan fingerprint density at radius 3 is 2.69 bits per heavy atom. The number of alkyl halides is 1. The second-order valence-corrected chi connectivity index (χ2v) is 4.33. The van der Waals surface area contributed by atoms with Gasteiger partial charge in [-0.1, -0.05) is 23.7 Å². The van der Waals surface area contributed by atoms with Gasteiger partial charge in [0, 0.05) is 16.5 Å². The molecule has 0 fully saturated rings. The number of hydrogen-bond donors (Lipinski definition) is 1. The molecule has 0 aliphatic carbocycles. The van der Waals surface area contributed by atoms with E-state index in [1.54, 1.807) is 0 Å². The third-order valence-electron chi connectivity index (χ3n) is 1.45. The maximum absolute atomic E-state index is 9.21. The summed E-state index contributed by atoms with van der Waals surface area (Å²) in [6.45, 7) is 0. The van der Waals surface area contributed by atoms with Crippen LogP contribution in [-0.4, -0.2) is 22.8 Å². The fourth-order valence-corrected chi connectivity index (χ4v) is 2.20. The van der Waals surface area contributed by atoms with Crippen molar-refractivity contribution in [1.29, 1.82) is 0 Å². The maximum atomic E-state index is 9.21. The highest BCUT2D eigenvalue weighted by Gasteiger charge is 2.04. The average Bonchev–Trinajstić information content (AvgIpc) is 2.16. The van der Waals surface area contributed by atoms with E-state index in [2.05, 4.69) is 0 Å². The first-order valence-corrected chi connectivity index (χ1v) is 5.75. The van der Waals surface area contributed by atoms with E-state index >= 15 is 0 Å². The van der Waals surface area contributed by atoms with Gasteiger partial charge in [0.25, 0.3) is 0 Å². The molecule has 13 heavy (non-hydrogen) atoms. The van der Waals surface area contributed by atoms with Gasteiger partial charge >= 0.3 is 0 Å². The molecule has 72 valence electrons. The molecule has 1 N–H and O–H groups in total. The van der Waals surface area contributed by atoms with Gasteiger partial charge in [0.2, 0.25) is 0 Å². The lowest BCUT2D eigenvalue weighted by Crippen LogP contribution is -2.10. The summed E-state index contributed by atoms with van der Waals surface area (Å²) in [4.78, 5) is 0.980. The van der Waals surface area contributed by atoms with Crippen LogP contribution < -0.4 is 0 Å². The van der Waals surface area contributed by atoms with Crippen molar-refractivity contribution in [2.24, 2.45) is 0 Å². The number of aliphatic hydroxyl groups is 1. The SMILES string of the molecule is OC(CCl)CSc1ccccc1Cl. The summed E-state index contributed by atoms with van der Waals surface area (Å²) in [5.74, 6) is 0.838. The molecule has 0 aromatic heterocycles. The van der Waals surface area contributed by atoms with Crippen molar-refractivity contribution in [3.8, 4) is 0 Å². The van der Waals surface area contributed by atoms with Crippen molar-refractivity contribution in [3.05, 3.63) is 29.3 Å². The highest BCUT2D eigenvalue weighted by Crippen LogP contribution is 2.26. The first-order valence-electron chi connectivity index (χ1n) is 3.85. The quantitative estimate of drug-likeness (QED) is 0.641. The molecule has 1 nitrogen and oxygen atoms in total. The van der Waals surface area contributed by atoms with Crippen LogP contribution in [0.5, 0.6) is 0 Å². The Labute approximate surface area is 92.1 Å². The van der Waals surface area contributed by atoms with Crippen molar-refractivity contribution in [1.82, 2.24) is 0 Å². The minimum atomic E-state index is -0.470. The zero-order chi connectivity index (χ0) is 9.68. The van der Waals surface area contributed by atoms with E-state index in [4.69, 9.17) is 23.2 Å². The summed E-state index contributed by atoms with van der Waals surface area (Å²) < 4.78 is 0. The van der Waals surface area contributed by atoms with Gasteiger partial charge in [-0.2, -0.15) is 0 Å². The largest absolute Gasteiger partial charge is 0.391 e. The summed E-state index contributed by atoms with van der Waals surface area (Å²) in [6, 6.07) is 7.55. The molecule has 0 radical (unpaired) electrons. The summed E-state index contributed by atoms with van der Waals surface area (Å²) >= 11 is 12.9. The van der Waals surface area contributed by atoms with Crippen molar-refractivity contribution in [2.75, 3.05) is 11.6 Å². The molecule has 1 aromatic carbocycles. The Bertz CT molecular complexity index is 268. The standard InChI is InChI=1S/C9H10Cl2OS/c10-5-7(12)6-13-9-4-2-1-3-8(9)11/h1-4,7,12H,5-6H2. The highest BCUT2D eigenvalue weighted by molar-refractivity contribution is 7.99. The van der Waals surface area contributed by atoms with Gasteiger partial charge in [0.1, 0.15) is 0 Å². The Hall–Kier alpha value is 0.110. The number of thioether (sulfide) groups is 1. The van der Waals surface area contributed by atoms with Crippen LogP contribution in [0.2, 0.25) is 5.02 Å². The molecule has 1 aromatic rings. The van der Waals surface area contributed by atoms with Gasteiger partial charge in [-0.15, -0.1) is 23.4 Å². The molecule has 0 amide bonds. The van der Waals surface area contributed by atoms with E-state index in [1.165, 1.54) is 11.8 Å². The van der Waals surface area contributed by atoms with Crippen LogP contribution in [0.4, 0.5) is 0 Å². The molecular weight excluding hydrogens is 227 g/mol. The second kappa shape index (κ2) is 5.76. The molecule has 0 aliphatic rings. The summed E-state index contributed by atoms with van der Waals surface area (Å²) in [6.07, 6.45) is -0.470. The van der Waals surface area contributed by atoms with E-state index in [0.717, 1.165) is 4.90 Å². The van der Waals surface area contributed by atoms with Gasteiger partial charge < -0.3 is 5.11 Å². The van der Waals surface area contributed by atoms with Crippen molar-refractivity contribution >= 4 is 35.0 Å². The maximum Gasteiger partial charge on any atom is 0.0769 e. The molecule has 0 saturated heterocycles. The number of hydrogen-bond acceptors (Lipinski definition) is 2. The molecule has 4 heteroatoms. The van der Waals surface area contributed by atoms with E-state index in [1.807, 2.05) is 24.3 Å². The molecule has 1 unspecified atom stereocenters. The normalized spacial score (nSPS) is 12.8. The number of benzene rings is 1. The van der Waals surface area contributed by atoms with E-state index < -0.39 is 6.10 Å². The lowest BCUT2D eigenvalue weighted by Gasteiger charge is -2.06. The fraction of sp³-hybridized carbons (Fsp3) is 0.333. The van der Waals surface area contributed by atoms with E-state index in [9.17, 15) is 5.11 Å². The van der Waals surface area contributed by atoms with Crippen molar-refractivity contribution in [2.45, 2.75) is 11.0 Å². The molecule has 1 rings (SSSR count). The first-order chi connectivity index (χ1) is 6.24. The summed E-state index contributed by atoms with van der Waals surface area (Å²) in [7, 11) is 0. The average molecular weight is 237 g/mol. The molecule has 0 saturated carbocycles. The van der Waals surface area contributed by atoms with Crippen LogP contribution in [0.15, 0.2) is 29.2 Å². The molecule has 0 aliphatic heterocycles. The summed E-state index contributed by atoms with van der Waals surface area (Å²) in [5, 5.41) is 9.93. The first kappa shape index (κ1) is 11.2. The van der Waals surface area contributed by atoms with Crippen molar-refractivity contribution < 1.29 is 5.11 Å². The van der Waals surface area contributed by atoms with Crippen molar-refractivity contribution in [3.63, 3.8) is 0 Å². The Balaban J connectivity index is 2.50. The third kappa shape index (κ3) is 3.77. The molecule has 0 bridgehead atoms. The smallest absolute Gasteiger partial charge is 0.0769 e. The molecular formula is C9H10Cl2OS. The lowest BCUT2D eigenvalue weighted by atomic mass is 10.4. The summed E-state index contributed by atoms with van der Waals surface area (Å²) in [5.41, 5.74) is 0. The Morgan fingerprint density at radius 1 is 1.38 bits per heavy atom. The van der Waals surface area contributed by atoms with Gasteiger partial charge in [0.15, 0.2) is 0 Å². The Kier molecular flexibility index (Phi) is 4.96. The zero-order valence-corrected chi connectivity index (χ0v) is 9.24. The third-order valence-corrected chi connectivity index (χ3v) is 3.46. The number of halogens is 2. The van der Waals surface area contributed by atoms with Crippen LogP contribution in [-0.2, 0) is 0 Å². The van der Waals surface area contributed by atoms with Gasteiger partial charge in [-0.05, 0) is 12.1 Å². The van der Waals surface area contributed by atoms with Crippen LogP contribution in [0.1, 0.15) is 0 Å². The Morgan fingerprint density at radius 2 is 2.08 bits per heavy atom. The van der Waals surface area contributed by atoms with E-state index in [-0.39, 0.29) is 5.88 Å². The lowest BCUT2D eigenvalue weighted by molar-refractivity contribution is 0.223.